The van der Waals surface area contributed by atoms with E-state index in [2.05, 4.69) is 45.9 Å². The average Bonchev–Trinajstić information content (AvgIpc) is 2.76. The molecule has 4 rings (SSSR count). The predicted molar refractivity (Wildman–Crippen MR) is 125 cm³/mol. The van der Waals surface area contributed by atoms with E-state index < -0.39 is 5.97 Å². The first-order valence-corrected chi connectivity index (χ1v) is 10.9. The van der Waals surface area contributed by atoms with Crippen molar-refractivity contribution in [2.24, 2.45) is 0 Å². The summed E-state index contributed by atoms with van der Waals surface area (Å²) in [7, 11) is 0. The molecular formula is C28H30O3. The molecule has 1 aliphatic carbocycles. The van der Waals surface area contributed by atoms with Crippen molar-refractivity contribution in [2.75, 3.05) is 0 Å². The standard InChI is InChI=1S/C28H30O3/c1-27(2)15-16-28(3,4)24-17-19(9-14-23(24)27)18-31-25-8-6-5-7-22(25)20-10-12-21(13-11-20)26(29)30/h5-14,17H,15-16,18H2,1-4H3,(H,29,30). The molecule has 3 nitrogen and oxygen atoms in total. The van der Waals surface area contributed by atoms with E-state index in [9.17, 15) is 4.79 Å². The third-order valence-electron chi connectivity index (χ3n) is 6.64. The van der Waals surface area contributed by atoms with E-state index in [1.807, 2.05) is 36.4 Å². The van der Waals surface area contributed by atoms with Crippen LogP contribution in [0.2, 0.25) is 0 Å². The number of carboxylic acid groups (broad SMARTS) is 1. The molecule has 0 amide bonds. The number of aromatic carboxylic acids is 1. The van der Waals surface area contributed by atoms with Gasteiger partial charge in [0.05, 0.1) is 5.56 Å². The van der Waals surface area contributed by atoms with Gasteiger partial charge < -0.3 is 9.84 Å². The van der Waals surface area contributed by atoms with Crippen molar-refractivity contribution < 1.29 is 14.6 Å². The number of ether oxygens (including phenoxy) is 1. The number of carbonyl (C=O) groups is 1. The van der Waals surface area contributed by atoms with Crippen LogP contribution in [0.5, 0.6) is 5.75 Å². The Morgan fingerprint density at radius 3 is 2.19 bits per heavy atom. The molecule has 0 heterocycles. The number of hydrogen-bond acceptors (Lipinski definition) is 2. The molecule has 0 aromatic heterocycles. The second kappa shape index (κ2) is 7.88. The lowest BCUT2D eigenvalue weighted by Gasteiger charge is -2.42. The second-order valence-corrected chi connectivity index (χ2v) is 9.82. The second-order valence-electron chi connectivity index (χ2n) is 9.82. The number of fused-ring (bicyclic) bond motifs is 1. The maximum atomic E-state index is 11.1. The van der Waals surface area contributed by atoms with Crippen LogP contribution >= 0.6 is 0 Å². The zero-order chi connectivity index (χ0) is 22.2. The molecule has 0 saturated carbocycles. The van der Waals surface area contributed by atoms with Gasteiger partial charge in [0, 0.05) is 5.56 Å². The molecule has 0 saturated heterocycles. The quantitative estimate of drug-likeness (QED) is 0.490. The van der Waals surface area contributed by atoms with Crippen LogP contribution in [-0.4, -0.2) is 11.1 Å². The molecule has 0 unspecified atom stereocenters. The lowest BCUT2D eigenvalue weighted by Crippen LogP contribution is -2.33. The Morgan fingerprint density at radius 1 is 0.871 bits per heavy atom. The fourth-order valence-electron chi connectivity index (χ4n) is 4.51. The maximum Gasteiger partial charge on any atom is 0.335 e. The van der Waals surface area contributed by atoms with Crippen molar-refractivity contribution in [3.63, 3.8) is 0 Å². The summed E-state index contributed by atoms with van der Waals surface area (Å²) in [6.07, 6.45) is 2.39. The van der Waals surface area contributed by atoms with Crippen LogP contribution in [0.15, 0.2) is 66.7 Å². The van der Waals surface area contributed by atoms with Gasteiger partial charge in [-0.3, -0.25) is 0 Å². The minimum Gasteiger partial charge on any atom is -0.488 e. The molecule has 3 aromatic rings. The van der Waals surface area contributed by atoms with Crippen molar-refractivity contribution in [1.82, 2.24) is 0 Å². The first kappa shape index (κ1) is 21.2. The van der Waals surface area contributed by atoms with Gasteiger partial charge in [-0.15, -0.1) is 0 Å². The zero-order valence-corrected chi connectivity index (χ0v) is 18.7. The van der Waals surface area contributed by atoms with Gasteiger partial charge in [-0.1, -0.05) is 76.2 Å². The van der Waals surface area contributed by atoms with E-state index in [0.29, 0.717) is 6.61 Å². The fourth-order valence-corrected chi connectivity index (χ4v) is 4.51. The Labute approximate surface area is 184 Å². The summed E-state index contributed by atoms with van der Waals surface area (Å²) >= 11 is 0. The highest BCUT2D eigenvalue weighted by atomic mass is 16.5. The molecular weight excluding hydrogens is 384 g/mol. The summed E-state index contributed by atoms with van der Waals surface area (Å²) < 4.78 is 6.25. The van der Waals surface area contributed by atoms with Crippen LogP contribution in [0.1, 0.15) is 67.6 Å². The fraction of sp³-hybridized carbons (Fsp3) is 0.321. The van der Waals surface area contributed by atoms with Gasteiger partial charge in [0.1, 0.15) is 12.4 Å². The first-order valence-electron chi connectivity index (χ1n) is 10.9. The molecule has 0 radical (unpaired) electrons. The number of rotatable bonds is 5. The van der Waals surface area contributed by atoms with Crippen LogP contribution in [0.4, 0.5) is 0 Å². The summed E-state index contributed by atoms with van der Waals surface area (Å²) in [6.45, 7) is 9.84. The highest BCUT2D eigenvalue weighted by Gasteiger charge is 2.36. The molecule has 3 heteroatoms. The summed E-state index contributed by atoms with van der Waals surface area (Å²) in [4.78, 5) is 11.1. The largest absolute Gasteiger partial charge is 0.488 e. The van der Waals surface area contributed by atoms with Crippen LogP contribution in [0.3, 0.4) is 0 Å². The summed E-state index contributed by atoms with van der Waals surface area (Å²) in [6, 6.07) is 21.6. The van der Waals surface area contributed by atoms with E-state index in [1.54, 1.807) is 12.1 Å². The summed E-state index contributed by atoms with van der Waals surface area (Å²) in [5, 5.41) is 9.14. The van der Waals surface area contributed by atoms with Crippen molar-refractivity contribution in [2.45, 2.75) is 58.0 Å². The first-order chi connectivity index (χ1) is 14.7. The molecule has 0 spiro atoms. The van der Waals surface area contributed by atoms with E-state index >= 15 is 0 Å². The minimum atomic E-state index is -0.922. The Kier molecular flexibility index (Phi) is 5.38. The van der Waals surface area contributed by atoms with Gasteiger partial charge in [0.15, 0.2) is 0 Å². The molecule has 0 fully saturated rings. The Balaban J connectivity index is 1.59. The van der Waals surface area contributed by atoms with Crippen LogP contribution in [-0.2, 0) is 17.4 Å². The molecule has 1 N–H and O–H groups in total. The van der Waals surface area contributed by atoms with Gasteiger partial charge in [-0.25, -0.2) is 4.79 Å². The Morgan fingerprint density at radius 2 is 1.52 bits per heavy atom. The van der Waals surface area contributed by atoms with Crippen LogP contribution < -0.4 is 4.74 Å². The number of hydrogen-bond donors (Lipinski definition) is 1. The third kappa shape index (κ3) is 4.23. The monoisotopic (exact) mass is 414 g/mol. The molecule has 0 bridgehead atoms. The molecule has 160 valence electrons. The van der Waals surface area contributed by atoms with Crippen molar-refractivity contribution in [1.29, 1.82) is 0 Å². The van der Waals surface area contributed by atoms with E-state index in [4.69, 9.17) is 9.84 Å². The van der Waals surface area contributed by atoms with Crippen molar-refractivity contribution in [3.05, 3.63) is 89.0 Å². The highest BCUT2D eigenvalue weighted by molar-refractivity contribution is 5.88. The minimum absolute atomic E-state index is 0.171. The predicted octanol–water partition coefficient (Wildman–Crippen LogP) is 6.98. The van der Waals surface area contributed by atoms with E-state index in [1.165, 1.54) is 29.5 Å². The molecule has 3 aromatic carbocycles. The molecule has 31 heavy (non-hydrogen) atoms. The highest BCUT2D eigenvalue weighted by Crippen LogP contribution is 2.46. The SMILES string of the molecule is CC1(C)CCC(C)(C)c2cc(COc3ccccc3-c3ccc(C(=O)O)cc3)ccc21. The zero-order valence-electron chi connectivity index (χ0n) is 18.7. The van der Waals surface area contributed by atoms with Crippen LogP contribution in [0, 0.1) is 0 Å². The third-order valence-corrected chi connectivity index (χ3v) is 6.64. The Hall–Kier alpha value is -3.07. The van der Waals surface area contributed by atoms with Gasteiger partial charge in [-0.2, -0.15) is 0 Å². The lowest BCUT2D eigenvalue weighted by molar-refractivity contribution is 0.0697. The Bertz CT molecular complexity index is 1110. The van der Waals surface area contributed by atoms with Gasteiger partial charge >= 0.3 is 5.97 Å². The molecule has 1 aliphatic rings. The molecule has 0 atom stereocenters. The van der Waals surface area contributed by atoms with Gasteiger partial charge in [0.2, 0.25) is 0 Å². The average molecular weight is 415 g/mol. The number of carboxylic acids is 1. The van der Waals surface area contributed by atoms with Crippen molar-refractivity contribution >= 4 is 5.97 Å². The molecule has 0 aliphatic heterocycles. The van der Waals surface area contributed by atoms with E-state index in [0.717, 1.165) is 16.9 Å². The smallest absolute Gasteiger partial charge is 0.335 e. The van der Waals surface area contributed by atoms with Crippen molar-refractivity contribution in [3.8, 4) is 16.9 Å². The summed E-state index contributed by atoms with van der Waals surface area (Å²) in [5.41, 5.74) is 6.60. The van der Waals surface area contributed by atoms with E-state index in [-0.39, 0.29) is 16.4 Å². The maximum absolute atomic E-state index is 11.1. The van der Waals surface area contributed by atoms with Crippen LogP contribution in [0.25, 0.3) is 11.1 Å². The van der Waals surface area contributed by atoms with Gasteiger partial charge in [-0.05, 0) is 64.1 Å². The number of para-hydroxylation sites is 1. The number of benzene rings is 3. The topological polar surface area (TPSA) is 46.5 Å². The van der Waals surface area contributed by atoms with Gasteiger partial charge in [0.25, 0.3) is 0 Å². The summed E-state index contributed by atoms with van der Waals surface area (Å²) in [5.74, 6) is -0.127. The normalized spacial score (nSPS) is 16.4. The lowest BCUT2D eigenvalue weighted by atomic mass is 9.63.